The van der Waals surface area contributed by atoms with Crippen LogP contribution in [0.3, 0.4) is 0 Å². The maximum absolute atomic E-state index is 13.1. The van der Waals surface area contributed by atoms with Crippen LogP contribution in [-0.2, 0) is 65.4 Å². The average molecular weight is 1450 g/mol. The number of hydrogen-bond acceptors (Lipinski definition) is 15. The molecule has 0 aliphatic heterocycles. The van der Waals surface area contributed by atoms with Crippen molar-refractivity contribution in [2.45, 2.75) is 354 Å². The highest BCUT2D eigenvalue weighted by atomic mass is 31.2. The number of allylic oxidation sites excluding steroid dienone is 16. The minimum absolute atomic E-state index is 0.0730. The molecular formula is C81H142O17P2. The number of rotatable bonds is 74. The zero-order chi connectivity index (χ0) is 73.2. The molecule has 0 spiro atoms. The quantitative estimate of drug-likeness (QED) is 0.0169. The van der Waals surface area contributed by atoms with Crippen LogP contribution in [0.15, 0.2) is 97.2 Å². The Kier molecular flexibility index (Phi) is 70.4. The lowest BCUT2D eigenvalue weighted by Gasteiger charge is -2.21. The van der Waals surface area contributed by atoms with Gasteiger partial charge in [0, 0.05) is 25.7 Å². The van der Waals surface area contributed by atoms with Crippen molar-refractivity contribution < 1.29 is 80.2 Å². The minimum Gasteiger partial charge on any atom is -0.462 e. The van der Waals surface area contributed by atoms with E-state index in [1.54, 1.807) is 0 Å². The molecule has 5 unspecified atom stereocenters. The zero-order valence-electron chi connectivity index (χ0n) is 63.1. The third kappa shape index (κ3) is 72.3. The first-order valence-electron chi connectivity index (χ1n) is 39.5. The Hall–Kier alpha value is -4.02. The van der Waals surface area contributed by atoms with E-state index in [0.29, 0.717) is 25.7 Å². The van der Waals surface area contributed by atoms with Crippen LogP contribution in [0.4, 0.5) is 0 Å². The number of carbonyl (C=O) groups excluding carboxylic acids is 4. The number of aliphatic hydroxyl groups is 1. The highest BCUT2D eigenvalue weighted by Gasteiger charge is 2.30. The molecule has 0 aliphatic rings. The summed E-state index contributed by atoms with van der Waals surface area (Å²) in [5, 5.41) is 10.6. The molecule has 578 valence electrons. The predicted octanol–water partition coefficient (Wildman–Crippen LogP) is 22.8. The molecule has 0 aromatic carbocycles. The van der Waals surface area contributed by atoms with Gasteiger partial charge in [0.25, 0.3) is 0 Å². The van der Waals surface area contributed by atoms with E-state index in [-0.39, 0.29) is 25.7 Å². The minimum atomic E-state index is -4.98. The first-order chi connectivity index (χ1) is 48.7. The fourth-order valence-electron chi connectivity index (χ4n) is 10.6. The number of ether oxygens (including phenoxy) is 4. The van der Waals surface area contributed by atoms with Gasteiger partial charge in [0.2, 0.25) is 0 Å². The fraction of sp³-hybridized carbons (Fsp3) is 0.753. The maximum Gasteiger partial charge on any atom is 0.472 e. The summed E-state index contributed by atoms with van der Waals surface area (Å²) in [6, 6.07) is 0. The van der Waals surface area contributed by atoms with Crippen LogP contribution in [0.5, 0.6) is 0 Å². The third-order valence-corrected chi connectivity index (χ3v) is 18.4. The van der Waals surface area contributed by atoms with Gasteiger partial charge in [-0.05, 0) is 116 Å². The first-order valence-corrected chi connectivity index (χ1v) is 42.5. The maximum atomic E-state index is 13.1. The SMILES string of the molecule is CC/C=C\C/C=C\C/C=C\CCCCCCCCCC(=O)OCC(COP(=O)(O)OCC(O)COP(=O)(O)OCC(COC(=O)CCCCCCCCCCCCCCCCC)OC(=O)CCCCCCC/C=C\C/C=C\CCC)OC(=O)CCCCCCC/C=C\C/C=C\C/C=C\CC. The van der Waals surface area contributed by atoms with Crippen molar-refractivity contribution in [1.82, 2.24) is 0 Å². The molecule has 0 aromatic rings. The van der Waals surface area contributed by atoms with Crippen molar-refractivity contribution >= 4 is 39.5 Å². The van der Waals surface area contributed by atoms with Crippen LogP contribution >= 0.6 is 15.6 Å². The Bertz CT molecular complexity index is 2270. The largest absolute Gasteiger partial charge is 0.472 e. The van der Waals surface area contributed by atoms with E-state index in [1.807, 2.05) is 0 Å². The summed E-state index contributed by atoms with van der Waals surface area (Å²) in [5.74, 6) is -2.20. The lowest BCUT2D eigenvalue weighted by Crippen LogP contribution is -2.30. The lowest BCUT2D eigenvalue weighted by molar-refractivity contribution is -0.161. The summed E-state index contributed by atoms with van der Waals surface area (Å²) in [6.07, 6.45) is 76.7. The zero-order valence-corrected chi connectivity index (χ0v) is 64.9. The molecule has 0 aliphatic carbocycles. The molecule has 0 aromatic heterocycles. The van der Waals surface area contributed by atoms with E-state index in [1.165, 1.54) is 70.6 Å². The van der Waals surface area contributed by atoms with Gasteiger partial charge in [0.05, 0.1) is 26.4 Å². The molecule has 0 amide bonds. The summed E-state index contributed by atoms with van der Waals surface area (Å²) < 4.78 is 68.6. The summed E-state index contributed by atoms with van der Waals surface area (Å²) in [5.41, 5.74) is 0. The van der Waals surface area contributed by atoms with E-state index in [0.717, 1.165) is 186 Å². The first kappa shape index (κ1) is 96.0. The number of aliphatic hydroxyl groups excluding tert-OH is 1. The van der Waals surface area contributed by atoms with Crippen LogP contribution in [0.25, 0.3) is 0 Å². The molecule has 0 bridgehead atoms. The van der Waals surface area contributed by atoms with E-state index >= 15 is 0 Å². The molecule has 0 saturated carbocycles. The number of esters is 4. The molecule has 0 radical (unpaired) electrons. The molecule has 3 N–H and O–H groups in total. The van der Waals surface area contributed by atoms with E-state index in [9.17, 15) is 43.2 Å². The van der Waals surface area contributed by atoms with Crippen LogP contribution in [0, 0.1) is 0 Å². The molecule has 17 nitrogen and oxygen atoms in total. The Labute approximate surface area is 607 Å². The lowest BCUT2D eigenvalue weighted by atomic mass is 10.0. The van der Waals surface area contributed by atoms with Gasteiger partial charge in [-0.1, -0.05) is 292 Å². The molecule has 5 atom stereocenters. The Morgan fingerprint density at radius 2 is 0.540 bits per heavy atom. The average Bonchev–Trinajstić information content (AvgIpc) is 1.06. The fourth-order valence-corrected chi connectivity index (χ4v) is 12.2. The van der Waals surface area contributed by atoms with Crippen LogP contribution in [-0.4, -0.2) is 96.7 Å². The smallest absolute Gasteiger partial charge is 0.462 e. The second-order valence-electron chi connectivity index (χ2n) is 26.2. The number of carbonyl (C=O) groups is 4. The van der Waals surface area contributed by atoms with Gasteiger partial charge in [0.15, 0.2) is 12.2 Å². The normalized spacial score (nSPS) is 14.4. The highest BCUT2D eigenvalue weighted by Crippen LogP contribution is 2.45. The number of phosphoric acid groups is 2. The summed E-state index contributed by atoms with van der Waals surface area (Å²) in [6.45, 7) is 4.58. The van der Waals surface area contributed by atoms with Gasteiger partial charge in [0.1, 0.15) is 19.3 Å². The van der Waals surface area contributed by atoms with Crippen molar-refractivity contribution in [3.63, 3.8) is 0 Å². The molecule has 0 saturated heterocycles. The molecule has 0 heterocycles. The van der Waals surface area contributed by atoms with Gasteiger partial charge < -0.3 is 33.8 Å². The second kappa shape index (κ2) is 73.3. The van der Waals surface area contributed by atoms with E-state index in [2.05, 4.69) is 125 Å². The van der Waals surface area contributed by atoms with Crippen molar-refractivity contribution in [2.75, 3.05) is 39.6 Å². The van der Waals surface area contributed by atoms with Gasteiger partial charge in [-0.2, -0.15) is 0 Å². The van der Waals surface area contributed by atoms with Crippen molar-refractivity contribution in [3.8, 4) is 0 Å². The Morgan fingerprint density at radius 1 is 0.290 bits per heavy atom. The number of unbranched alkanes of at least 4 members (excludes halogenated alkanes) is 32. The van der Waals surface area contributed by atoms with Crippen LogP contribution in [0.1, 0.15) is 336 Å². The summed E-state index contributed by atoms with van der Waals surface area (Å²) >= 11 is 0. The molecule has 19 heteroatoms. The molecule has 0 rings (SSSR count). The van der Waals surface area contributed by atoms with Gasteiger partial charge in [-0.25, -0.2) is 9.13 Å². The van der Waals surface area contributed by atoms with Gasteiger partial charge >= 0.3 is 39.5 Å². The topological polar surface area (TPSA) is 237 Å². The summed E-state index contributed by atoms with van der Waals surface area (Å²) in [7, 11) is -9.96. The Morgan fingerprint density at radius 3 is 0.840 bits per heavy atom. The molecular weight excluding hydrogens is 1310 g/mol. The molecule has 0 fully saturated rings. The summed E-state index contributed by atoms with van der Waals surface area (Å²) in [4.78, 5) is 73.0. The number of phosphoric ester groups is 2. The number of hydrogen-bond donors (Lipinski definition) is 3. The molecule has 100 heavy (non-hydrogen) atoms. The second-order valence-corrected chi connectivity index (χ2v) is 29.2. The van der Waals surface area contributed by atoms with Crippen LogP contribution in [0.2, 0.25) is 0 Å². The standard InChI is InChI=1S/C81H142O17P2/c1-5-9-13-17-21-25-29-33-36-37-40-43-46-50-54-58-62-66-79(84)92-72-77(98-81(86)68-64-60-56-52-48-44-39-35-31-27-23-19-15-11-7-3)74-96-100(89,90)94-70-75(82)69-93-99(87,88)95-73-76(97-80(85)67-63-59-55-51-47-41-32-28-24-20-16-12-8-4)71-91-78(83)65-61-57-53-49-45-42-38-34-30-26-22-18-14-10-6-2/h9,11,13,15-16,20-21,23,25,27-28,32-33,35-36,39,75-77,82H,5-8,10,12,14,17-19,22,24,26,29-31,34,37-38,40-74H2,1-4H3,(H,87,88)(H,89,90)/b13-9-,15-11-,20-16-,25-21-,27-23-,32-28-,36-33-,39-35-. The van der Waals surface area contributed by atoms with Gasteiger partial charge in [-0.3, -0.25) is 37.3 Å². The van der Waals surface area contributed by atoms with Crippen LogP contribution < -0.4 is 0 Å². The van der Waals surface area contributed by atoms with E-state index < -0.39 is 97.5 Å². The highest BCUT2D eigenvalue weighted by molar-refractivity contribution is 7.47. The van der Waals surface area contributed by atoms with Crippen molar-refractivity contribution in [3.05, 3.63) is 97.2 Å². The monoisotopic (exact) mass is 1450 g/mol. The van der Waals surface area contributed by atoms with Gasteiger partial charge in [-0.15, -0.1) is 0 Å². The van der Waals surface area contributed by atoms with Crippen molar-refractivity contribution in [2.24, 2.45) is 0 Å². The third-order valence-electron chi connectivity index (χ3n) is 16.5. The predicted molar refractivity (Wildman–Crippen MR) is 409 cm³/mol. The Balaban J connectivity index is 5.35. The van der Waals surface area contributed by atoms with Crippen molar-refractivity contribution in [1.29, 1.82) is 0 Å². The van der Waals surface area contributed by atoms with E-state index in [4.69, 9.17) is 37.0 Å².